The number of hydrogen-bond donors (Lipinski definition) is 0. The zero-order valence-electron chi connectivity index (χ0n) is 29.6. The van der Waals surface area contributed by atoms with Crippen LogP contribution in [0.3, 0.4) is 0 Å². The first kappa shape index (κ1) is 29.8. The number of nitrogens with zero attached hydrogens (tertiary/aromatic N) is 1. The lowest BCUT2D eigenvalue weighted by Crippen LogP contribution is -2.41. The van der Waals surface area contributed by atoms with Crippen LogP contribution in [0, 0.1) is 0 Å². The van der Waals surface area contributed by atoms with Crippen molar-refractivity contribution in [3.05, 3.63) is 192 Å². The summed E-state index contributed by atoms with van der Waals surface area (Å²) in [4.78, 5) is 2.69. The van der Waals surface area contributed by atoms with Crippen LogP contribution in [0.5, 0.6) is 0 Å². The summed E-state index contributed by atoms with van der Waals surface area (Å²) in [5.74, 6) is 0.331. The molecule has 0 fully saturated rings. The van der Waals surface area contributed by atoms with Crippen molar-refractivity contribution in [3.8, 4) is 22.3 Å². The Bertz CT molecular complexity index is 2730. The zero-order valence-corrected chi connectivity index (χ0v) is 29.6. The highest BCUT2D eigenvalue weighted by molar-refractivity contribution is 6.25. The van der Waals surface area contributed by atoms with Crippen LogP contribution in [0.25, 0.3) is 60.1 Å². The maximum absolute atomic E-state index is 2.69. The predicted octanol–water partition coefficient (Wildman–Crippen LogP) is 12.9. The molecule has 3 aliphatic carbocycles. The SMILES string of the molecule is CC1(C)c2ccccc2-c2cc(-c3ccc4c(c3)C3C=CC=CC3N4C3C=C(c4ccc5c6ccccc6c6ccccc6c5c4)C=CC3)ccc21. The molecular formula is C51H39N. The first-order chi connectivity index (χ1) is 25.5. The quantitative estimate of drug-likeness (QED) is 0.170. The normalized spacial score (nSPS) is 20.6. The summed E-state index contributed by atoms with van der Waals surface area (Å²) in [5, 5.41) is 7.91. The first-order valence-corrected chi connectivity index (χ1v) is 18.8. The minimum absolute atomic E-state index is 0.0190. The molecule has 0 spiro atoms. The van der Waals surface area contributed by atoms with Gasteiger partial charge in [-0.25, -0.2) is 0 Å². The number of benzene rings is 7. The average molecular weight is 666 g/mol. The Hall–Kier alpha value is -5.92. The van der Waals surface area contributed by atoms with Crippen LogP contribution >= 0.6 is 0 Å². The van der Waals surface area contributed by atoms with Gasteiger partial charge in [-0.1, -0.05) is 160 Å². The molecule has 1 nitrogen and oxygen atoms in total. The fourth-order valence-electron chi connectivity index (χ4n) is 9.98. The Labute approximate surface area is 305 Å². The number of rotatable bonds is 3. The highest BCUT2D eigenvalue weighted by Gasteiger charge is 2.40. The lowest BCUT2D eigenvalue weighted by atomic mass is 9.82. The van der Waals surface area contributed by atoms with Crippen LogP contribution in [0.2, 0.25) is 0 Å². The van der Waals surface area contributed by atoms with Gasteiger partial charge >= 0.3 is 0 Å². The van der Waals surface area contributed by atoms with Gasteiger partial charge in [0.1, 0.15) is 0 Å². The Morgan fingerprint density at radius 2 is 1.19 bits per heavy atom. The molecule has 3 atom stereocenters. The molecule has 11 rings (SSSR count). The molecule has 0 bridgehead atoms. The molecule has 52 heavy (non-hydrogen) atoms. The number of anilines is 1. The van der Waals surface area contributed by atoms with Gasteiger partial charge in [-0.2, -0.15) is 0 Å². The standard InChI is InChI=1S/C51H39N/c1-51(2)47-20-9-7-18-42(47)45-30-34(23-26-48(45)51)35-24-27-50-46(31-35)43-19-8-10-21-49(43)52(50)36-13-11-12-32(28-36)33-22-25-41-39-16-4-3-14-37(39)38-15-5-6-17-40(38)44(41)29-33/h3-12,14-31,36,43,49H,13H2,1-2H3. The fourth-order valence-corrected chi connectivity index (χ4v) is 9.98. The molecule has 7 aromatic rings. The van der Waals surface area contributed by atoms with Gasteiger partial charge in [0.15, 0.2) is 0 Å². The van der Waals surface area contributed by atoms with Crippen molar-refractivity contribution in [3.63, 3.8) is 0 Å². The van der Waals surface area contributed by atoms with Gasteiger partial charge in [0, 0.05) is 17.0 Å². The Balaban J connectivity index is 0.987. The average Bonchev–Trinajstić information content (AvgIpc) is 3.65. The van der Waals surface area contributed by atoms with E-state index in [1.807, 2.05) is 0 Å². The van der Waals surface area contributed by atoms with E-state index in [0.29, 0.717) is 12.0 Å². The van der Waals surface area contributed by atoms with Crippen molar-refractivity contribution >= 4 is 43.6 Å². The van der Waals surface area contributed by atoms with Gasteiger partial charge in [0.25, 0.3) is 0 Å². The second-order valence-corrected chi connectivity index (χ2v) is 15.6. The summed E-state index contributed by atoms with van der Waals surface area (Å²) in [5.41, 5.74) is 13.6. The second kappa shape index (κ2) is 11.0. The van der Waals surface area contributed by atoms with Crippen LogP contribution in [-0.2, 0) is 5.41 Å². The largest absolute Gasteiger partial charge is 0.357 e. The van der Waals surface area contributed by atoms with E-state index in [-0.39, 0.29) is 11.5 Å². The maximum Gasteiger partial charge on any atom is 0.0586 e. The third-order valence-corrected chi connectivity index (χ3v) is 12.5. The van der Waals surface area contributed by atoms with Crippen LogP contribution < -0.4 is 4.90 Å². The second-order valence-electron chi connectivity index (χ2n) is 15.6. The molecule has 1 aliphatic heterocycles. The van der Waals surface area contributed by atoms with Crippen LogP contribution in [0.15, 0.2) is 170 Å². The van der Waals surface area contributed by atoms with Gasteiger partial charge < -0.3 is 4.90 Å². The smallest absolute Gasteiger partial charge is 0.0586 e. The third kappa shape index (κ3) is 4.23. The van der Waals surface area contributed by atoms with Crippen LogP contribution in [0.4, 0.5) is 5.69 Å². The minimum atomic E-state index is 0.0190. The molecule has 0 radical (unpaired) electrons. The van der Waals surface area contributed by atoms with E-state index in [2.05, 4.69) is 189 Å². The van der Waals surface area contributed by atoms with Crippen molar-refractivity contribution in [1.29, 1.82) is 0 Å². The third-order valence-electron chi connectivity index (χ3n) is 12.5. The summed E-state index contributed by atoms with van der Waals surface area (Å²) in [7, 11) is 0. The van der Waals surface area contributed by atoms with Crippen molar-refractivity contribution in [1.82, 2.24) is 0 Å². The molecule has 0 saturated heterocycles. The molecule has 4 aliphatic rings. The summed E-state index contributed by atoms with van der Waals surface area (Å²) in [6.07, 6.45) is 17.5. The summed E-state index contributed by atoms with van der Waals surface area (Å²) >= 11 is 0. The number of allylic oxidation sites excluding steroid dienone is 4. The van der Waals surface area contributed by atoms with Crippen LogP contribution in [-0.4, -0.2) is 12.1 Å². The Morgan fingerprint density at radius 3 is 2.00 bits per heavy atom. The summed E-state index contributed by atoms with van der Waals surface area (Å²) < 4.78 is 0. The van der Waals surface area contributed by atoms with E-state index in [1.165, 1.54) is 88.1 Å². The van der Waals surface area contributed by atoms with Gasteiger partial charge in [0.2, 0.25) is 0 Å². The molecule has 248 valence electrons. The molecular weight excluding hydrogens is 627 g/mol. The number of fused-ring (bicyclic) bond motifs is 12. The minimum Gasteiger partial charge on any atom is -0.357 e. The number of hydrogen-bond acceptors (Lipinski definition) is 1. The molecule has 0 amide bonds. The zero-order chi connectivity index (χ0) is 34.6. The molecule has 7 aromatic carbocycles. The van der Waals surface area contributed by atoms with Crippen LogP contribution in [0.1, 0.15) is 48.4 Å². The first-order valence-electron chi connectivity index (χ1n) is 18.8. The monoisotopic (exact) mass is 665 g/mol. The fraction of sp³-hybridized carbons (Fsp3) is 0.137. The summed E-state index contributed by atoms with van der Waals surface area (Å²) in [6, 6.07) is 48.7. The predicted molar refractivity (Wildman–Crippen MR) is 221 cm³/mol. The molecule has 1 heteroatoms. The van der Waals surface area contributed by atoms with Crippen molar-refractivity contribution < 1.29 is 0 Å². The van der Waals surface area contributed by atoms with E-state index in [0.717, 1.165) is 6.42 Å². The molecule has 0 aromatic heterocycles. The summed E-state index contributed by atoms with van der Waals surface area (Å²) in [6.45, 7) is 4.71. The van der Waals surface area contributed by atoms with Gasteiger partial charge in [-0.15, -0.1) is 0 Å². The van der Waals surface area contributed by atoms with E-state index in [1.54, 1.807) is 0 Å². The van der Waals surface area contributed by atoms with Crippen molar-refractivity contribution in [2.45, 2.75) is 43.7 Å². The highest BCUT2D eigenvalue weighted by Crippen LogP contribution is 2.51. The van der Waals surface area contributed by atoms with E-state index in [4.69, 9.17) is 0 Å². The Morgan fingerprint density at radius 1 is 0.558 bits per heavy atom. The van der Waals surface area contributed by atoms with E-state index >= 15 is 0 Å². The Kier molecular flexibility index (Phi) is 6.32. The van der Waals surface area contributed by atoms with E-state index in [9.17, 15) is 0 Å². The highest BCUT2D eigenvalue weighted by atomic mass is 15.2. The lowest BCUT2D eigenvalue weighted by molar-refractivity contribution is 0.615. The molecule has 0 N–H and O–H groups in total. The van der Waals surface area contributed by atoms with Gasteiger partial charge in [0.05, 0.1) is 12.1 Å². The van der Waals surface area contributed by atoms with E-state index < -0.39 is 0 Å². The topological polar surface area (TPSA) is 3.24 Å². The van der Waals surface area contributed by atoms with Gasteiger partial charge in [-0.05, 0) is 113 Å². The molecule has 3 unspecified atom stereocenters. The molecule has 0 saturated carbocycles. The van der Waals surface area contributed by atoms with Crippen molar-refractivity contribution in [2.75, 3.05) is 4.90 Å². The van der Waals surface area contributed by atoms with Gasteiger partial charge in [-0.3, -0.25) is 0 Å². The lowest BCUT2D eigenvalue weighted by Gasteiger charge is -2.36. The molecule has 1 heterocycles. The maximum atomic E-state index is 2.69. The van der Waals surface area contributed by atoms with Crippen molar-refractivity contribution in [2.24, 2.45) is 0 Å².